The SMILES string of the molecule is CCC1CCC(N)C(Cc2c(F)cccc2F)C1. The van der Waals surface area contributed by atoms with Gasteiger partial charge in [-0.2, -0.15) is 0 Å². The molecule has 1 saturated carbocycles. The first kappa shape index (κ1) is 13.5. The summed E-state index contributed by atoms with van der Waals surface area (Å²) in [5, 5.41) is 0. The Morgan fingerprint density at radius 2 is 1.89 bits per heavy atom. The fourth-order valence-corrected chi connectivity index (χ4v) is 2.98. The Hall–Kier alpha value is -0.960. The Balaban J connectivity index is 2.12. The van der Waals surface area contributed by atoms with E-state index in [0.717, 1.165) is 25.7 Å². The minimum absolute atomic E-state index is 0.0757. The summed E-state index contributed by atoms with van der Waals surface area (Å²) in [5.41, 5.74) is 6.30. The smallest absolute Gasteiger partial charge is 0.129 e. The van der Waals surface area contributed by atoms with Crippen molar-refractivity contribution in [3.63, 3.8) is 0 Å². The number of hydrogen-bond acceptors (Lipinski definition) is 1. The molecular weight excluding hydrogens is 232 g/mol. The second-order valence-electron chi connectivity index (χ2n) is 5.42. The lowest BCUT2D eigenvalue weighted by atomic mass is 9.75. The molecule has 0 bridgehead atoms. The molecule has 2 N–H and O–H groups in total. The van der Waals surface area contributed by atoms with E-state index in [1.807, 2.05) is 0 Å². The van der Waals surface area contributed by atoms with Crippen molar-refractivity contribution in [1.82, 2.24) is 0 Å². The molecule has 0 heterocycles. The lowest BCUT2D eigenvalue weighted by molar-refractivity contribution is 0.224. The maximum atomic E-state index is 13.6. The average Bonchev–Trinajstić information content (AvgIpc) is 2.36. The van der Waals surface area contributed by atoms with Crippen LogP contribution in [-0.4, -0.2) is 6.04 Å². The van der Waals surface area contributed by atoms with Gasteiger partial charge in [-0.05, 0) is 49.7 Å². The summed E-state index contributed by atoms with van der Waals surface area (Å²) >= 11 is 0. The highest BCUT2D eigenvalue weighted by Gasteiger charge is 2.28. The predicted octanol–water partition coefficient (Wildman–Crippen LogP) is 3.66. The molecule has 100 valence electrons. The zero-order chi connectivity index (χ0) is 13.1. The van der Waals surface area contributed by atoms with Gasteiger partial charge < -0.3 is 5.73 Å². The van der Waals surface area contributed by atoms with Crippen LogP contribution in [0.3, 0.4) is 0 Å². The molecular formula is C15H21F2N. The lowest BCUT2D eigenvalue weighted by Gasteiger charge is -2.34. The van der Waals surface area contributed by atoms with E-state index in [0.29, 0.717) is 12.3 Å². The van der Waals surface area contributed by atoms with Crippen LogP contribution in [0.5, 0.6) is 0 Å². The molecule has 0 radical (unpaired) electrons. The number of rotatable bonds is 3. The molecule has 3 heteroatoms. The van der Waals surface area contributed by atoms with Gasteiger partial charge in [-0.3, -0.25) is 0 Å². The van der Waals surface area contributed by atoms with Gasteiger partial charge in [0.2, 0.25) is 0 Å². The minimum Gasteiger partial charge on any atom is -0.327 e. The summed E-state index contributed by atoms with van der Waals surface area (Å²) in [5.74, 6) is -0.0265. The van der Waals surface area contributed by atoms with Gasteiger partial charge >= 0.3 is 0 Å². The molecule has 3 atom stereocenters. The zero-order valence-corrected chi connectivity index (χ0v) is 10.8. The van der Waals surface area contributed by atoms with Crippen LogP contribution >= 0.6 is 0 Å². The Morgan fingerprint density at radius 3 is 2.50 bits per heavy atom. The molecule has 1 nitrogen and oxygen atoms in total. The van der Waals surface area contributed by atoms with E-state index in [1.165, 1.54) is 18.2 Å². The predicted molar refractivity (Wildman–Crippen MR) is 69.2 cm³/mol. The van der Waals surface area contributed by atoms with Gasteiger partial charge in [0.15, 0.2) is 0 Å². The molecule has 0 aliphatic heterocycles. The molecule has 0 aromatic heterocycles. The summed E-state index contributed by atoms with van der Waals surface area (Å²) in [4.78, 5) is 0. The first-order valence-electron chi connectivity index (χ1n) is 6.80. The van der Waals surface area contributed by atoms with Crippen LogP contribution in [0, 0.1) is 23.5 Å². The fraction of sp³-hybridized carbons (Fsp3) is 0.600. The van der Waals surface area contributed by atoms with Crippen molar-refractivity contribution in [3.8, 4) is 0 Å². The van der Waals surface area contributed by atoms with Gasteiger partial charge in [-0.1, -0.05) is 19.4 Å². The highest BCUT2D eigenvalue weighted by molar-refractivity contribution is 5.20. The largest absolute Gasteiger partial charge is 0.327 e. The fourth-order valence-electron chi connectivity index (χ4n) is 2.98. The van der Waals surface area contributed by atoms with E-state index in [-0.39, 0.29) is 17.5 Å². The highest BCUT2D eigenvalue weighted by atomic mass is 19.1. The van der Waals surface area contributed by atoms with Gasteiger partial charge in [-0.15, -0.1) is 0 Å². The van der Waals surface area contributed by atoms with Crippen LogP contribution in [0.4, 0.5) is 8.78 Å². The quantitative estimate of drug-likeness (QED) is 0.874. The van der Waals surface area contributed by atoms with Crippen molar-refractivity contribution < 1.29 is 8.78 Å². The second kappa shape index (κ2) is 5.79. The normalized spacial score (nSPS) is 28.3. The number of benzene rings is 1. The Morgan fingerprint density at radius 1 is 1.22 bits per heavy atom. The van der Waals surface area contributed by atoms with Crippen molar-refractivity contribution in [2.45, 2.75) is 45.1 Å². The third-order valence-corrected chi connectivity index (χ3v) is 4.26. The molecule has 2 rings (SSSR count). The molecule has 3 unspecified atom stereocenters. The Bertz CT molecular complexity index is 385. The third-order valence-electron chi connectivity index (χ3n) is 4.26. The van der Waals surface area contributed by atoms with E-state index in [1.54, 1.807) is 0 Å². The minimum atomic E-state index is -0.444. The standard InChI is InChI=1S/C15H21F2N/c1-2-10-6-7-15(18)11(8-10)9-12-13(16)4-3-5-14(12)17/h3-5,10-11,15H,2,6-9,18H2,1H3. The van der Waals surface area contributed by atoms with Gasteiger partial charge in [0.1, 0.15) is 11.6 Å². The number of nitrogens with two attached hydrogens (primary N) is 1. The van der Waals surface area contributed by atoms with Crippen molar-refractivity contribution in [2.75, 3.05) is 0 Å². The molecule has 0 saturated heterocycles. The summed E-state index contributed by atoms with van der Waals surface area (Å²) < 4.78 is 27.3. The third kappa shape index (κ3) is 2.89. The molecule has 1 fully saturated rings. The monoisotopic (exact) mass is 253 g/mol. The van der Waals surface area contributed by atoms with Crippen LogP contribution in [0.15, 0.2) is 18.2 Å². The van der Waals surface area contributed by atoms with Crippen LogP contribution in [-0.2, 0) is 6.42 Å². The summed E-state index contributed by atoms with van der Waals surface area (Å²) in [6.07, 6.45) is 4.66. The van der Waals surface area contributed by atoms with Crippen LogP contribution < -0.4 is 5.73 Å². The van der Waals surface area contributed by atoms with Crippen molar-refractivity contribution >= 4 is 0 Å². The number of hydrogen-bond donors (Lipinski definition) is 1. The van der Waals surface area contributed by atoms with E-state index in [4.69, 9.17) is 5.73 Å². The molecule has 18 heavy (non-hydrogen) atoms. The molecule has 1 aromatic carbocycles. The summed E-state index contributed by atoms with van der Waals surface area (Å²) in [6, 6.07) is 4.13. The van der Waals surface area contributed by atoms with Crippen LogP contribution in [0.2, 0.25) is 0 Å². The van der Waals surface area contributed by atoms with E-state index in [2.05, 4.69) is 6.92 Å². The molecule has 1 aromatic rings. The second-order valence-corrected chi connectivity index (χ2v) is 5.42. The molecule has 1 aliphatic rings. The summed E-state index contributed by atoms with van der Waals surface area (Å²) in [7, 11) is 0. The van der Waals surface area contributed by atoms with E-state index in [9.17, 15) is 8.78 Å². The van der Waals surface area contributed by atoms with Crippen molar-refractivity contribution in [1.29, 1.82) is 0 Å². The topological polar surface area (TPSA) is 26.0 Å². The Labute approximate surface area is 107 Å². The van der Waals surface area contributed by atoms with Crippen LogP contribution in [0.25, 0.3) is 0 Å². The van der Waals surface area contributed by atoms with E-state index >= 15 is 0 Å². The van der Waals surface area contributed by atoms with Gasteiger partial charge in [0.05, 0.1) is 0 Å². The first-order valence-corrected chi connectivity index (χ1v) is 6.80. The van der Waals surface area contributed by atoms with E-state index < -0.39 is 11.6 Å². The maximum Gasteiger partial charge on any atom is 0.129 e. The average molecular weight is 253 g/mol. The zero-order valence-electron chi connectivity index (χ0n) is 10.8. The van der Waals surface area contributed by atoms with Gasteiger partial charge in [0.25, 0.3) is 0 Å². The van der Waals surface area contributed by atoms with Crippen molar-refractivity contribution in [2.24, 2.45) is 17.6 Å². The van der Waals surface area contributed by atoms with Crippen LogP contribution in [0.1, 0.15) is 38.2 Å². The first-order chi connectivity index (χ1) is 8.61. The van der Waals surface area contributed by atoms with Gasteiger partial charge in [0, 0.05) is 11.6 Å². The Kier molecular flexibility index (Phi) is 4.33. The van der Waals surface area contributed by atoms with Crippen molar-refractivity contribution in [3.05, 3.63) is 35.4 Å². The molecule has 1 aliphatic carbocycles. The summed E-state index contributed by atoms with van der Waals surface area (Å²) in [6.45, 7) is 2.17. The lowest BCUT2D eigenvalue weighted by Crippen LogP contribution is -2.37. The highest BCUT2D eigenvalue weighted by Crippen LogP contribution is 2.33. The number of halogens is 2. The molecule has 0 amide bonds. The molecule has 0 spiro atoms. The van der Waals surface area contributed by atoms with Gasteiger partial charge in [-0.25, -0.2) is 8.78 Å². The maximum absolute atomic E-state index is 13.6.